The number of carbonyl (C=O) groups excluding carboxylic acids is 2. The van der Waals surface area contributed by atoms with Gasteiger partial charge in [0.25, 0.3) is 5.91 Å². The average Bonchev–Trinajstić information content (AvgIpc) is 3.94. The highest BCUT2D eigenvalue weighted by atomic mass is 35.5. The summed E-state index contributed by atoms with van der Waals surface area (Å²) < 4.78 is 21.8. The number of imidazole rings is 1. The monoisotopic (exact) mass is 828 g/mol. The molecular formula is C42H39Cl3N6O4S. The summed E-state index contributed by atoms with van der Waals surface area (Å²) in [5.74, 6) is -0.231. The Kier molecular flexibility index (Phi) is 11.0. The van der Waals surface area contributed by atoms with E-state index in [9.17, 15) is 13.8 Å². The van der Waals surface area contributed by atoms with Crippen LogP contribution in [0.15, 0.2) is 91.3 Å². The lowest BCUT2D eigenvalue weighted by atomic mass is 9.99. The molecule has 2 aliphatic heterocycles. The Morgan fingerprint density at radius 3 is 2.41 bits per heavy atom. The molecule has 0 aliphatic carbocycles. The van der Waals surface area contributed by atoms with Crippen LogP contribution in [0.25, 0.3) is 33.4 Å². The van der Waals surface area contributed by atoms with Gasteiger partial charge in [0.15, 0.2) is 0 Å². The van der Waals surface area contributed by atoms with Gasteiger partial charge >= 0.3 is 5.97 Å². The van der Waals surface area contributed by atoms with Crippen molar-refractivity contribution in [3.8, 4) is 22.5 Å². The standard InChI is InChI=1S/C42H39Cl3N6O4S/c1-25(31-12-10-28(43)22-33(31)45)50-24-46-38(26-7-4-3-5-8-26)40(50)37-32-13-11-29(44)23-34(32)47-39(37)41(52)48-35-21-27(42(53)55-2)9-14-36(35)49-18-15-30(16-19-49)51-17-6-20-56(51)54/h3-5,7-14,21-25,30,47H,6,15-20H2,1-2H3,(H,48,52). The normalized spacial score (nSPS) is 17.0. The number of hydrogen-bond acceptors (Lipinski definition) is 6. The fourth-order valence-corrected chi connectivity index (χ4v) is 10.2. The Hall–Kier alpha value is -4.65. The lowest BCUT2D eigenvalue weighted by Gasteiger charge is -2.37. The van der Waals surface area contributed by atoms with Crippen LogP contribution in [0.1, 0.15) is 58.6 Å². The average molecular weight is 830 g/mol. The van der Waals surface area contributed by atoms with Gasteiger partial charge in [-0.1, -0.05) is 77.3 Å². The van der Waals surface area contributed by atoms with Gasteiger partial charge in [0.05, 0.1) is 58.8 Å². The van der Waals surface area contributed by atoms with Crippen LogP contribution in [0.3, 0.4) is 0 Å². The largest absolute Gasteiger partial charge is 0.465 e. The number of methoxy groups -OCH3 is 1. The lowest BCUT2D eigenvalue weighted by molar-refractivity contribution is 0.0600. The van der Waals surface area contributed by atoms with Crippen molar-refractivity contribution in [2.24, 2.45) is 0 Å². The summed E-state index contributed by atoms with van der Waals surface area (Å²) in [5.41, 5.74) is 6.14. The van der Waals surface area contributed by atoms with Gasteiger partial charge in [-0.2, -0.15) is 0 Å². The molecule has 2 unspecified atom stereocenters. The number of esters is 1. The van der Waals surface area contributed by atoms with E-state index in [2.05, 4.69) is 19.5 Å². The summed E-state index contributed by atoms with van der Waals surface area (Å²) in [5, 5.41) is 5.47. The minimum atomic E-state index is -0.936. The van der Waals surface area contributed by atoms with Crippen LogP contribution in [-0.4, -0.2) is 73.5 Å². The number of ether oxygens (including phenoxy) is 1. The van der Waals surface area contributed by atoms with Crippen LogP contribution in [0.2, 0.25) is 15.1 Å². The Morgan fingerprint density at radius 1 is 0.946 bits per heavy atom. The number of rotatable bonds is 9. The fraction of sp³-hybridized carbons (Fsp3) is 0.262. The van der Waals surface area contributed by atoms with Crippen molar-refractivity contribution in [3.63, 3.8) is 0 Å². The number of aromatic amines is 1. The highest BCUT2D eigenvalue weighted by molar-refractivity contribution is 7.82. The number of nitrogens with zero attached hydrogens (tertiary/aromatic N) is 4. The van der Waals surface area contributed by atoms with Crippen molar-refractivity contribution in [1.29, 1.82) is 0 Å². The molecule has 4 aromatic carbocycles. The summed E-state index contributed by atoms with van der Waals surface area (Å²) in [4.78, 5) is 38.2. The first-order chi connectivity index (χ1) is 27.1. The van der Waals surface area contributed by atoms with Crippen molar-refractivity contribution in [1.82, 2.24) is 18.8 Å². The van der Waals surface area contributed by atoms with Crippen LogP contribution in [0.4, 0.5) is 11.4 Å². The van der Waals surface area contributed by atoms with E-state index in [1.54, 1.807) is 42.7 Å². The van der Waals surface area contributed by atoms with E-state index in [1.165, 1.54) is 7.11 Å². The second-order valence-corrected chi connectivity index (χ2v) is 16.8. The third kappa shape index (κ3) is 7.34. The van der Waals surface area contributed by atoms with E-state index in [-0.39, 0.29) is 17.8 Å². The predicted molar refractivity (Wildman–Crippen MR) is 226 cm³/mol. The molecule has 288 valence electrons. The van der Waals surface area contributed by atoms with Crippen molar-refractivity contribution < 1.29 is 18.5 Å². The minimum absolute atomic E-state index is 0.233. The summed E-state index contributed by atoms with van der Waals surface area (Å²) in [6.07, 6.45) is 4.37. The van der Waals surface area contributed by atoms with E-state index in [1.807, 2.05) is 60.0 Å². The lowest BCUT2D eigenvalue weighted by Crippen LogP contribution is -2.44. The summed E-state index contributed by atoms with van der Waals surface area (Å²) in [6.45, 7) is 4.26. The topological polar surface area (TPSA) is 113 Å². The van der Waals surface area contributed by atoms with Crippen LogP contribution in [0.5, 0.6) is 0 Å². The zero-order valence-electron chi connectivity index (χ0n) is 30.7. The van der Waals surface area contributed by atoms with E-state index in [4.69, 9.17) is 44.5 Å². The Morgan fingerprint density at radius 2 is 1.70 bits per heavy atom. The molecule has 1 amide bonds. The number of aromatic nitrogens is 3. The molecule has 6 aromatic rings. The van der Waals surface area contributed by atoms with E-state index >= 15 is 0 Å². The van der Waals surface area contributed by atoms with Crippen molar-refractivity contribution >= 4 is 79.9 Å². The van der Waals surface area contributed by atoms with Gasteiger partial charge < -0.3 is 24.5 Å². The van der Waals surface area contributed by atoms with Crippen molar-refractivity contribution in [2.45, 2.75) is 38.3 Å². The molecule has 2 fully saturated rings. The first-order valence-corrected chi connectivity index (χ1v) is 20.8. The smallest absolute Gasteiger partial charge is 0.337 e. The second kappa shape index (κ2) is 16.1. The van der Waals surface area contributed by atoms with E-state index in [0.29, 0.717) is 61.9 Å². The number of piperidine rings is 1. The van der Waals surface area contributed by atoms with Gasteiger partial charge in [0, 0.05) is 68.5 Å². The number of benzene rings is 4. The number of H-pyrrole nitrogens is 1. The van der Waals surface area contributed by atoms with E-state index in [0.717, 1.165) is 53.8 Å². The maximum Gasteiger partial charge on any atom is 0.337 e. The van der Waals surface area contributed by atoms with Gasteiger partial charge in [-0.3, -0.25) is 4.79 Å². The van der Waals surface area contributed by atoms with Crippen LogP contribution >= 0.6 is 34.8 Å². The van der Waals surface area contributed by atoms with Crippen LogP contribution in [-0.2, 0) is 15.7 Å². The Balaban J connectivity index is 1.24. The first-order valence-electron chi connectivity index (χ1n) is 18.4. The molecule has 0 spiro atoms. The maximum atomic E-state index is 14.9. The molecule has 2 N–H and O–H groups in total. The third-order valence-corrected chi connectivity index (χ3v) is 13.2. The molecule has 10 nitrogen and oxygen atoms in total. The Labute approximate surface area is 342 Å². The summed E-state index contributed by atoms with van der Waals surface area (Å²) >= 11 is 19.6. The molecule has 4 heterocycles. The molecule has 2 aromatic heterocycles. The van der Waals surface area contributed by atoms with Crippen molar-refractivity contribution in [2.75, 3.05) is 42.7 Å². The van der Waals surface area contributed by atoms with Gasteiger partial charge in [-0.15, -0.1) is 0 Å². The summed E-state index contributed by atoms with van der Waals surface area (Å²) in [6, 6.07) is 25.8. The molecule has 0 radical (unpaired) electrons. The van der Waals surface area contributed by atoms with Crippen LogP contribution in [0, 0.1) is 0 Å². The van der Waals surface area contributed by atoms with Gasteiger partial charge in [-0.25, -0.2) is 18.3 Å². The predicted octanol–water partition coefficient (Wildman–Crippen LogP) is 9.64. The van der Waals surface area contributed by atoms with Gasteiger partial charge in [0.1, 0.15) is 5.69 Å². The number of carbonyl (C=O) groups is 2. The first kappa shape index (κ1) is 38.2. The molecule has 56 heavy (non-hydrogen) atoms. The van der Waals surface area contributed by atoms with Crippen molar-refractivity contribution in [3.05, 3.63) is 123 Å². The number of nitrogens with one attached hydrogen (secondary N) is 2. The second-order valence-electron chi connectivity index (χ2n) is 14.0. The van der Waals surface area contributed by atoms with Gasteiger partial charge in [-0.05, 0) is 74.2 Å². The molecule has 2 saturated heterocycles. The summed E-state index contributed by atoms with van der Waals surface area (Å²) in [7, 11) is 0.393. The Bertz CT molecular complexity index is 2480. The minimum Gasteiger partial charge on any atom is -0.465 e. The number of anilines is 2. The third-order valence-electron chi connectivity index (χ3n) is 10.7. The molecular weight excluding hydrogens is 791 g/mol. The van der Waals surface area contributed by atoms with E-state index < -0.39 is 22.9 Å². The quantitative estimate of drug-likeness (QED) is 0.141. The molecule has 0 saturated carbocycles. The fourth-order valence-electron chi connectivity index (χ4n) is 7.93. The molecule has 14 heteroatoms. The van der Waals surface area contributed by atoms with Gasteiger partial charge in [0.2, 0.25) is 0 Å². The zero-order chi connectivity index (χ0) is 39.1. The number of amides is 1. The zero-order valence-corrected chi connectivity index (χ0v) is 33.8. The maximum absolute atomic E-state index is 14.9. The number of hydrogen-bond donors (Lipinski definition) is 2. The molecule has 2 aliphatic rings. The molecule has 8 rings (SSSR count). The number of halogens is 3. The molecule has 2 atom stereocenters. The number of fused-ring (bicyclic) bond motifs is 1. The van der Waals surface area contributed by atoms with Crippen LogP contribution < -0.4 is 10.2 Å². The SMILES string of the molecule is COC(=O)c1ccc(N2CCC(N3CCCS3=O)CC2)c(NC(=O)c2[nH]c3cc(Cl)ccc3c2-c2c(-c3ccccc3)ncn2C(C)c2ccc(Cl)cc2Cl)c1. The highest BCUT2D eigenvalue weighted by Gasteiger charge is 2.33. The molecule has 0 bridgehead atoms. The highest BCUT2D eigenvalue weighted by Crippen LogP contribution is 2.43.